The number of nitro groups is 1. The smallest absolute Gasteiger partial charge is 0.293 e. The standard InChI is InChI=1S/C16H15ClN2O4/c1-10(20)12-4-7-14(15(8-12)19(22)23)18-9-16(21)11-2-5-13(17)6-3-11/h2-8,16,18,21H,9H2,1H3/t16-/m0/s1. The van der Waals surface area contributed by atoms with Gasteiger partial charge in [-0.15, -0.1) is 0 Å². The Morgan fingerprint density at radius 3 is 2.52 bits per heavy atom. The Balaban J connectivity index is 2.14. The van der Waals surface area contributed by atoms with Crippen LogP contribution in [0.25, 0.3) is 0 Å². The second-order valence-electron chi connectivity index (χ2n) is 4.99. The monoisotopic (exact) mass is 334 g/mol. The molecule has 0 saturated carbocycles. The molecule has 0 bridgehead atoms. The first-order chi connectivity index (χ1) is 10.9. The number of hydrogen-bond acceptors (Lipinski definition) is 5. The maximum absolute atomic E-state index is 11.3. The molecule has 0 fully saturated rings. The van der Waals surface area contributed by atoms with E-state index in [0.717, 1.165) is 0 Å². The van der Waals surface area contributed by atoms with Crippen molar-refractivity contribution in [1.82, 2.24) is 0 Å². The predicted molar refractivity (Wildman–Crippen MR) is 88.0 cm³/mol. The molecule has 0 amide bonds. The van der Waals surface area contributed by atoms with Crippen molar-refractivity contribution in [2.75, 3.05) is 11.9 Å². The third-order valence-corrected chi connectivity index (χ3v) is 3.59. The van der Waals surface area contributed by atoms with Crippen LogP contribution in [-0.2, 0) is 0 Å². The third-order valence-electron chi connectivity index (χ3n) is 3.34. The van der Waals surface area contributed by atoms with Crippen molar-refractivity contribution in [3.8, 4) is 0 Å². The van der Waals surface area contributed by atoms with E-state index in [1.54, 1.807) is 24.3 Å². The van der Waals surface area contributed by atoms with E-state index in [4.69, 9.17) is 11.6 Å². The van der Waals surface area contributed by atoms with E-state index in [1.807, 2.05) is 0 Å². The fourth-order valence-corrected chi connectivity index (χ4v) is 2.19. The summed E-state index contributed by atoms with van der Waals surface area (Å²) in [6.45, 7) is 1.43. The first-order valence-corrected chi connectivity index (χ1v) is 7.23. The SMILES string of the molecule is CC(=O)c1ccc(NC[C@H](O)c2ccc(Cl)cc2)c([N+](=O)[O-])c1. The first-order valence-electron chi connectivity index (χ1n) is 6.85. The van der Waals surface area contributed by atoms with Gasteiger partial charge in [-0.1, -0.05) is 23.7 Å². The number of Topliss-reactive ketones (excluding diaryl/α,β-unsaturated/α-hetero) is 1. The molecule has 0 saturated heterocycles. The fraction of sp³-hybridized carbons (Fsp3) is 0.188. The van der Waals surface area contributed by atoms with Gasteiger partial charge in [-0.05, 0) is 36.8 Å². The lowest BCUT2D eigenvalue weighted by Gasteiger charge is -2.13. The second kappa shape index (κ2) is 7.21. The number of aliphatic hydroxyl groups is 1. The van der Waals surface area contributed by atoms with Gasteiger partial charge in [-0.2, -0.15) is 0 Å². The van der Waals surface area contributed by atoms with Gasteiger partial charge < -0.3 is 10.4 Å². The number of aliphatic hydroxyl groups excluding tert-OH is 1. The molecule has 23 heavy (non-hydrogen) atoms. The van der Waals surface area contributed by atoms with Crippen LogP contribution in [0.2, 0.25) is 5.02 Å². The van der Waals surface area contributed by atoms with Gasteiger partial charge in [0.15, 0.2) is 5.78 Å². The number of nitrogens with zero attached hydrogens (tertiary/aromatic N) is 1. The van der Waals surface area contributed by atoms with Crippen LogP contribution >= 0.6 is 11.6 Å². The molecule has 2 aromatic carbocycles. The van der Waals surface area contributed by atoms with Gasteiger partial charge in [0.05, 0.1) is 11.0 Å². The molecule has 0 aliphatic rings. The highest BCUT2D eigenvalue weighted by Gasteiger charge is 2.17. The van der Waals surface area contributed by atoms with Crippen LogP contribution in [0.3, 0.4) is 0 Å². The largest absolute Gasteiger partial charge is 0.387 e. The number of nitro benzene ring substituents is 1. The lowest BCUT2D eigenvalue weighted by atomic mass is 10.1. The summed E-state index contributed by atoms with van der Waals surface area (Å²) in [7, 11) is 0. The number of ketones is 1. The van der Waals surface area contributed by atoms with E-state index in [9.17, 15) is 20.0 Å². The molecule has 0 unspecified atom stereocenters. The van der Waals surface area contributed by atoms with Gasteiger partial charge in [0, 0.05) is 23.2 Å². The average molecular weight is 335 g/mol. The van der Waals surface area contributed by atoms with Gasteiger partial charge in [-0.25, -0.2) is 0 Å². The highest BCUT2D eigenvalue weighted by molar-refractivity contribution is 6.30. The van der Waals surface area contributed by atoms with Crippen LogP contribution in [0.4, 0.5) is 11.4 Å². The normalized spacial score (nSPS) is 11.8. The van der Waals surface area contributed by atoms with Crippen LogP contribution in [0.15, 0.2) is 42.5 Å². The molecule has 7 heteroatoms. The Morgan fingerprint density at radius 1 is 1.30 bits per heavy atom. The molecule has 0 heterocycles. The van der Waals surface area contributed by atoms with Crippen molar-refractivity contribution in [2.24, 2.45) is 0 Å². The molecular weight excluding hydrogens is 320 g/mol. The maximum Gasteiger partial charge on any atom is 0.293 e. The van der Waals surface area contributed by atoms with Crippen molar-refractivity contribution in [3.05, 3.63) is 68.7 Å². The molecule has 0 aliphatic carbocycles. The molecule has 0 aromatic heterocycles. The minimum Gasteiger partial charge on any atom is -0.387 e. The Bertz CT molecular complexity index is 731. The summed E-state index contributed by atoms with van der Waals surface area (Å²) in [5, 5.41) is 24.6. The Hall–Kier alpha value is -2.44. The number of anilines is 1. The Morgan fingerprint density at radius 2 is 1.96 bits per heavy atom. The second-order valence-corrected chi connectivity index (χ2v) is 5.43. The maximum atomic E-state index is 11.3. The summed E-state index contributed by atoms with van der Waals surface area (Å²) >= 11 is 5.79. The predicted octanol–water partition coefficient (Wildman–Crippen LogP) is 3.60. The average Bonchev–Trinajstić information content (AvgIpc) is 2.52. The number of carbonyl (C=O) groups is 1. The molecule has 2 rings (SSSR count). The highest BCUT2D eigenvalue weighted by Crippen LogP contribution is 2.27. The number of halogens is 1. The van der Waals surface area contributed by atoms with Crippen LogP contribution in [0.1, 0.15) is 28.9 Å². The van der Waals surface area contributed by atoms with Crippen LogP contribution in [-0.4, -0.2) is 22.4 Å². The topological polar surface area (TPSA) is 92.5 Å². The Labute approximate surface area is 137 Å². The Kier molecular flexibility index (Phi) is 5.31. The zero-order valence-corrected chi connectivity index (χ0v) is 13.1. The summed E-state index contributed by atoms with van der Waals surface area (Å²) < 4.78 is 0. The van der Waals surface area contributed by atoms with Gasteiger partial charge >= 0.3 is 0 Å². The van der Waals surface area contributed by atoms with Gasteiger partial charge in [0.25, 0.3) is 5.69 Å². The zero-order valence-electron chi connectivity index (χ0n) is 12.3. The summed E-state index contributed by atoms with van der Waals surface area (Å²) in [5.74, 6) is -0.249. The number of nitrogens with one attached hydrogen (secondary N) is 1. The minimum atomic E-state index is -0.848. The van der Waals surface area contributed by atoms with Crippen LogP contribution < -0.4 is 5.32 Å². The lowest BCUT2D eigenvalue weighted by molar-refractivity contribution is -0.384. The van der Waals surface area contributed by atoms with Crippen molar-refractivity contribution >= 4 is 28.8 Å². The molecule has 1 atom stereocenters. The van der Waals surface area contributed by atoms with Crippen molar-refractivity contribution < 1.29 is 14.8 Å². The van der Waals surface area contributed by atoms with E-state index in [2.05, 4.69) is 5.32 Å². The van der Waals surface area contributed by atoms with Gasteiger partial charge in [0.2, 0.25) is 0 Å². The van der Waals surface area contributed by atoms with E-state index in [0.29, 0.717) is 10.6 Å². The molecule has 2 aromatic rings. The number of rotatable bonds is 6. The van der Waals surface area contributed by atoms with Crippen LogP contribution in [0.5, 0.6) is 0 Å². The van der Waals surface area contributed by atoms with Crippen molar-refractivity contribution in [1.29, 1.82) is 0 Å². The molecule has 6 nitrogen and oxygen atoms in total. The molecule has 120 valence electrons. The van der Waals surface area contributed by atoms with Gasteiger partial charge in [-0.3, -0.25) is 14.9 Å². The third kappa shape index (κ3) is 4.28. The number of benzene rings is 2. The van der Waals surface area contributed by atoms with E-state index < -0.39 is 11.0 Å². The van der Waals surface area contributed by atoms with Crippen LogP contribution in [0, 0.1) is 10.1 Å². The highest BCUT2D eigenvalue weighted by atomic mass is 35.5. The molecule has 0 radical (unpaired) electrons. The van der Waals surface area contributed by atoms with Gasteiger partial charge in [0.1, 0.15) is 5.69 Å². The molecular formula is C16H15ClN2O4. The summed E-state index contributed by atoms with van der Waals surface area (Å²) in [4.78, 5) is 21.9. The zero-order chi connectivity index (χ0) is 17.0. The molecule has 0 spiro atoms. The fourth-order valence-electron chi connectivity index (χ4n) is 2.06. The minimum absolute atomic E-state index is 0.0852. The van der Waals surface area contributed by atoms with Crippen molar-refractivity contribution in [3.63, 3.8) is 0 Å². The van der Waals surface area contributed by atoms with E-state index in [-0.39, 0.29) is 29.3 Å². The summed E-state index contributed by atoms with van der Waals surface area (Å²) in [6.07, 6.45) is -0.848. The van der Waals surface area contributed by atoms with E-state index in [1.165, 1.54) is 25.1 Å². The van der Waals surface area contributed by atoms with Crippen molar-refractivity contribution in [2.45, 2.75) is 13.0 Å². The number of hydrogen-bond donors (Lipinski definition) is 2. The summed E-state index contributed by atoms with van der Waals surface area (Å²) in [6, 6.07) is 10.9. The van der Waals surface area contributed by atoms with E-state index >= 15 is 0 Å². The molecule has 0 aliphatic heterocycles. The quantitative estimate of drug-likeness (QED) is 0.478. The first kappa shape index (κ1) is 16.9. The lowest BCUT2D eigenvalue weighted by Crippen LogP contribution is -2.13. The molecule has 2 N–H and O–H groups in total. The number of carbonyl (C=O) groups excluding carboxylic acids is 1. The summed E-state index contributed by atoms with van der Waals surface area (Å²) in [5.41, 5.74) is 0.944.